The molecule has 2 aliphatic heterocycles. The van der Waals surface area contributed by atoms with Crippen molar-refractivity contribution in [3.8, 4) is 0 Å². The lowest BCUT2D eigenvalue weighted by atomic mass is 9.99. The molecular formula is C24H30N4O3S2. The van der Waals surface area contributed by atoms with Crippen LogP contribution in [0.15, 0.2) is 34.1 Å². The van der Waals surface area contributed by atoms with Gasteiger partial charge in [0, 0.05) is 25.8 Å². The predicted molar refractivity (Wildman–Crippen MR) is 138 cm³/mol. The van der Waals surface area contributed by atoms with E-state index in [9.17, 15) is 9.59 Å². The van der Waals surface area contributed by atoms with E-state index in [1.807, 2.05) is 12.1 Å². The van der Waals surface area contributed by atoms with E-state index in [4.69, 9.17) is 21.9 Å². The van der Waals surface area contributed by atoms with Gasteiger partial charge in [-0.1, -0.05) is 63.2 Å². The number of anilines is 1. The number of aromatic nitrogens is 2. The number of unbranched alkanes of at least 4 members (excludes halogenated alkanes) is 1. The van der Waals surface area contributed by atoms with Gasteiger partial charge < -0.3 is 9.64 Å². The number of carbonyl (C=O) groups is 1. The van der Waals surface area contributed by atoms with Crippen molar-refractivity contribution in [2.24, 2.45) is 5.92 Å². The molecule has 176 valence electrons. The molecule has 2 aliphatic rings. The smallest absolute Gasteiger partial charge is 0.267 e. The average Bonchev–Trinajstić information content (AvgIpc) is 3.11. The van der Waals surface area contributed by atoms with E-state index in [0.29, 0.717) is 65.0 Å². The molecule has 0 radical (unpaired) electrons. The Morgan fingerprint density at radius 2 is 2.03 bits per heavy atom. The van der Waals surface area contributed by atoms with Gasteiger partial charge >= 0.3 is 0 Å². The topological polar surface area (TPSA) is 67.2 Å². The lowest BCUT2D eigenvalue weighted by molar-refractivity contribution is -0.122. The van der Waals surface area contributed by atoms with E-state index >= 15 is 0 Å². The number of pyridine rings is 1. The first-order valence-electron chi connectivity index (χ1n) is 11.6. The van der Waals surface area contributed by atoms with Crippen molar-refractivity contribution >= 4 is 51.7 Å². The standard InChI is InChI=1S/C24H30N4O3S2/c1-3-5-8-17(4-2)16-28-23(30)19(33-24(28)32)15-18-21(26-11-13-31-14-12-26)25-20-9-6-7-10-27(20)22(18)29/h6-7,9-10,15,17H,3-5,8,11-14,16H2,1-2H3/b19-15+. The van der Waals surface area contributed by atoms with Gasteiger partial charge in [0.1, 0.15) is 15.8 Å². The van der Waals surface area contributed by atoms with Gasteiger partial charge in [-0.15, -0.1) is 0 Å². The Hall–Kier alpha value is -2.23. The maximum atomic E-state index is 13.4. The fourth-order valence-electron chi connectivity index (χ4n) is 4.20. The van der Waals surface area contributed by atoms with Crippen LogP contribution in [0.3, 0.4) is 0 Å². The highest BCUT2D eigenvalue weighted by atomic mass is 32.2. The average molecular weight is 487 g/mol. The zero-order valence-corrected chi connectivity index (χ0v) is 20.8. The first-order chi connectivity index (χ1) is 16.0. The van der Waals surface area contributed by atoms with Crippen LogP contribution in [0, 0.1) is 5.92 Å². The molecule has 9 heteroatoms. The second kappa shape index (κ2) is 10.8. The highest BCUT2D eigenvalue weighted by molar-refractivity contribution is 8.26. The number of hydrogen-bond acceptors (Lipinski definition) is 7. The third-order valence-electron chi connectivity index (χ3n) is 6.19. The van der Waals surface area contributed by atoms with Crippen LogP contribution in [0.1, 0.15) is 45.1 Å². The molecule has 33 heavy (non-hydrogen) atoms. The molecule has 0 aliphatic carbocycles. The van der Waals surface area contributed by atoms with Crippen molar-refractivity contribution in [3.05, 3.63) is 45.2 Å². The number of amides is 1. The van der Waals surface area contributed by atoms with E-state index < -0.39 is 0 Å². The van der Waals surface area contributed by atoms with Gasteiger partial charge in [0.25, 0.3) is 11.5 Å². The zero-order valence-electron chi connectivity index (χ0n) is 19.2. The van der Waals surface area contributed by atoms with Crippen molar-refractivity contribution < 1.29 is 9.53 Å². The van der Waals surface area contributed by atoms with Gasteiger partial charge in [0.15, 0.2) is 0 Å². The van der Waals surface area contributed by atoms with Crippen molar-refractivity contribution in [1.82, 2.24) is 14.3 Å². The first-order valence-corrected chi connectivity index (χ1v) is 12.8. The Bertz CT molecular complexity index is 1120. The number of thiocarbonyl (C=S) groups is 1. The maximum Gasteiger partial charge on any atom is 0.267 e. The minimum Gasteiger partial charge on any atom is -0.378 e. The highest BCUT2D eigenvalue weighted by Crippen LogP contribution is 2.34. The summed E-state index contributed by atoms with van der Waals surface area (Å²) in [4.78, 5) is 35.8. The summed E-state index contributed by atoms with van der Waals surface area (Å²) in [6, 6.07) is 5.48. The summed E-state index contributed by atoms with van der Waals surface area (Å²) in [5.74, 6) is 0.892. The number of carbonyl (C=O) groups excluding carboxylic acids is 1. The maximum absolute atomic E-state index is 13.4. The normalized spacial score (nSPS) is 19.2. The molecular weight excluding hydrogens is 456 g/mol. The summed E-state index contributed by atoms with van der Waals surface area (Å²) in [5.41, 5.74) is 0.802. The van der Waals surface area contributed by atoms with Crippen LogP contribution < -0.4 is 10.5 Å². The number of thioether (sulfide) groups is 1. The molecule has 0 N–H and O–H groups in total. The van der Waals surface area contributed by atoms with E-state index in [1.165, 1.54) is 16.2 Å². The number of hydrogen-bond donors (Lipinski definition) is 0. The summed E-state index contributed by atoms with van der Waals surface area (Å²) in [6.07, 6.45) is 7.76. The van der Waals surface area contributed by atoms with Crippen LogP contribution in [-0.2, 0) is 9.53 Å². The number of morpholine rings is 1. The zero-order chi connectivity index (χ0) is 23.4. The van der Waals surface area contributed by atoms with Crippen LogP contribution in [-0.4, -0.2) is 57.4 Å². The van der Waals surface area contributed by atoms with E-state index in [0.717, 1.165) is 25.7 Å². The molecule has 2 fully saturated rings. The van der Waals surface area contributed by atoms with E-state index in [1.54, 1.807) is 23.2 Å². The first kappa shape index (κ1) is 23.9. The molecule has 0 bridgehead atoms. The fraction of sp³-hybridized carbons (Fsp3) is 0.500. The molecule has 4 heterocycles. The van der Waals surface area contributed by atoms with Crippen molar-refractivity contribution in [3.63, 3.8) is 0 Å². The van der Waals surface area contributed by atoms with Gasteiger partial charge in [-0.05, 0) is 30.5 Å². The molecule has 7 nitrogen and oxygen atoms in total. The van der Waals surface area contributed by atoms with Crippen molar-refractivity contribution in [2.45, 2.75) is 39.5 Å². The molecule has 2 aromatic rings. The van der Waals surface area contributed by atoms with Gasteiger partial charge in [0.05, 0.1) is 23.7 Å². The Morgan fingerprint density at radius 1 is 1.24 bits per heavy atom. The number of nitrogens with zero attached hydrogens (tertiary/aromatic N) is 4. The van der Waals surface area contributed by atoms with Crippen LogP contribution in [0.5, 0.6) is 0 Å². The molecule has 0 aromatic carbocycles. The second-order valence-electron chi connectivity index (χ2n) is 8.39. The fourth-order valence-corrected chi connectivity index (χ4v) is 5.45. The highest BCUT2D eigenvalue weighted by Gasteiger charge is 2.34. The van der Waals surface area contributed by atoms with Crippen LogP contribution in [0.4, 0.5) is 5.82 Å². The van der Waals surface area contributed by atoms with Crippen molar-refractivity contribution in [1.29, 1.82) is 0 Å². The quantitative estimate of drug-likeness (QED) is 0.413. The van der Waals surface area contributed by atoms with Crippen LogP contribution >= 0.6 is 24.0 Å². The minimum absolute atomic E-state index is 0.120. The largest absolute Gasteiger partial charge is 0.378 e. The minimum atomic E-state index is -0.193. The van der Waals surface area contributed by atoms with E-state index in [-0.39, 0.29) is 11.5 Å². The monoisotopic (exact) mass is 486 g/mol. The second-order valence-corrected chi connectivity index (χ2v) is 10.1. The summed E-state index contributed by atoms with van der Waals surface area (Å²) in [6.45, 7) is 7.41. The van der Waals surface area contributed by atoms with Gasteiger partial charge in [-0.2, -0.15) is 0 Å². The van der Waals surface area contributed by atoms with Crippen LogP contribution in [0.25, 0.3) is 11.7 Å². The third kappa shape index (κ3) is 5.15. The Labute approximate surface area is 203 Å². The Morgan fingerprint density at radius 3 is 2.76 bits per heavy atom. The summed E-state index contributed by atoms with van der Waals surface area (Å²) >= 11 is 6.83. The Balaban J connectivity index is 1.70. The summed E-state index contributed by atoms with van der Waals surface area (Å²) < 4.78 is 7.56. The molecule has 1 atom stereocenters. The number of ether oxygens (including phenoxy) is 1. The van der Waals surface area contributed by atoms with Crippen LogP contribution in [0.2, 0.25) is 0 Å². The molecule has 4 rings (SSSR count). The molecule has 0 spiro atoms. The molecule has 1 amide bonds. The summed E-state index contributed by atoms with van der Waals surface area (Å²) in [5, 5.41) is 0. The van der Waals surface area contributed by atoms with Gasteiger partial charge in [-0.3, -0.25) is 18.9 Å². The predicted octanol–water partition coefficient (Wildman–Crippen LogP) is 3.95. The third-order valence-corrected chi connectivity index (χ3v) is 7.57. The molecule has 2 aromatic heterocycles. The lowest BCUT2D eigenvalue weighted by Gasteiger charge is -2.29. The molecule has 0 saturated carbocycles. The molecule has 1 unspecified atom stereocenters. The SMILES string of the molecule is CCCCC(CC)CN1C(=O)/C(=C\c2c(N3CCOCC3)nc3ccccn3c2=O)SC1=S. The van der Waals surface area contributed by atoms with Gasteiger partial charge in [0.2, 0.25) is 0 Å². The van der Waals surface area contributed by atoms with E-state index in [2.05, 4.69) is 18.7 Å². The van der Waals surface area contributed by atoms with Gasteiger partial charge in [-0.25, -0.2) is 4.98 Å². The summed E-state index contributed by atoms with van der Waals surface area (Å²) in [7, 11) is 0. The molecule has 2 saturated heterocycles. The number of rotatable bonds is 8. The lowest BCUT2D eigenvalue weighted by Crippen LogP contribution is -2.38. The van der Waals surface area contributed by atoms with Crippen molar-refractivity contribution in [2.75, 3.05) is 37.7 Å². The number of fused-ring (bicyclic) bond motifs is 1. The Kier molecular flexibility index (Phi) is 7.82.